The lowest BCUT2D eigenvalue weighted by Crippen LogP contribution is -2.44. The van der Waals surface area contributed by atoms with E-state index >= 15 is 0 Å². The maximum absolute atomic E-state index is 13.0. The van der Waals surface area contributed by atoms with E-state index in [0.29, 0.717) is 23.9 Å². The summed E-state index contributed by atoms with van der Waals surface area (Å²) in [6, 6.07) is 0. The van der Waals surface area contributed by atoms with Gasteiger partial charge in [-0.1, -0.05) is 394 Å². The number of quaternary nitrogens is 1. The number of carboxylic acids is 1. The van der Waals surface area contributed by atoms with Crippen molar-refractivity contribution in [2.75, 3.05) is 47.5 Å². The lowest BCUT2D eigenvalue weighted by Gasteiger charge is -2.26. The molecule has 2 atom stereocenters. The minimum absolute atomic E-state index is 0.149. The second-order valence-electron chi connectivity index (χ2n) is 30.1. The van der Waals surface area contributed by atoms with E-state index in [9.17, 15) is 19.5 Å². The lowest BCUT2D eigenvalue weighted by atomic mass is 10.0. The first kappa shape index (κ1) is 95.5. The van der Waals surface area contributed by atoms with E-state index in [1.165, 1.54) is 308 Å². The molecular weight excluding hydrogens is 1220 g/mol. The van der Waals surface area contributed by atoms with Crippen LogP contribution in [0.2, 0.25) is 0 Å². The molecule has 0 bridgehead atoms. The third-order valence-corrected chi connectivity index (χ3v) is 19.1. The lowest BCUT2D eigenvalue weighted by molar-refractivity contribution is -0.870. The average Bonchev–Trinajstić information content (AvgIpc) is 2.19. The fourth-order valence-corrected chi connectivity index (χ4v) is 12.7. The molecule has 0 spiro atoms. The highest BCUT2D eigenvalue weighted by atomic mass is 16.7. The maximum atomic E-state index is 13.0. The van der Waals surface area contributed by atoms with Gasteiger partial charge in [0.1, 0.15) is 13.2 Å². The van der Waals surface area contributed by atoms with E-state index in [4.69, 9.17) is 18.9 Å². The molecule has 99 heavy (non-hydrogen) atoms. The molecule has 576 valence electrons. The molecular formula is C90H163NO8. The Balaban J connectivity index is 3.95. The van der Waals surface area contributed by atoms with Gasteiger partial charge >= 0.3 is 11.9 Å². The van der Waals surface area contributed by atoms with Crippen molar-refractivity contribution in [1.82, 2.24) is 0 Å². The predicted molar refractivity (Wildman–Crippen MR) is 426 cm³/mol. The highest BCUT2D eigenvalue weighted by Crippen LogP contribution is 2.20. The molecule has 0 aromatic rings. The van der Waals surface area contributed by atoms with E-state index in [1.807, 2.05) is 21.1 Å². The Labute approximate surface area is 614 Å². The number of carbonyl (C=O) groups excluding carboxylic acids is 3. The van der Waals surface area contributed by atoms with Crippen molar-refractivity contribution in [1.29, 1.82) is 0 Å². The van der Waals surface area contributed by atoms with E-state index < -0.39 is 24.3 Å². The summed E-state index contributed by atoms with van der Waals surface area (Å²) in [5.41, 5.74) is 0. The molecule has 0 saturated heterocycles. The quantitative estimate of drug-likeness (QED) is 0.0195. The van der Waals surface area contributed by atoms with Crippen LogP contribution in [0.25, 0.3) is 0 Å². The summed E-state index contributed by atoms with van der Waals surface area (Å²) in [5, 5.41) is 11.9. The third kappa shape index (κ3) is 81.6. The summed E-state index contributed by atoms with van der Waals surface area (Å²) in [5.74, 6) is -2.26. The summed E-state index contributed by atoms with van der Waals surface area (Å²) in [6.07, 6.45) is 107. The Morgan fingerprint density at radius 2 is 0.576 bits per heavy atom. The molecule has 0 aromatic carbocycles. The molecule has 0 N–H and O–H groups in total. The Bertz CT molecular complexity index is 1910. The van der Waals surface area contributed by atoms with E-state index in [2.05, 4.69) is 98.9 Å². The van der Waals surface area contributed by atoms with Crippen molar-refractivity contribution in [2.24, 2.45) is 0 Å². The zero-order valence-electron chi connectivity index (χ0n) is 66.1. The number of rotatable bonds is 80. The minimum atomic E-state index is -1.62. The fraction of sp³-hybridized carbons (Fsp3) is 0.811. The first-order chi connectivity index (χ1) is 48.6. The van der Waals surface area contributed by atoms with Crippen LogP contribution < -0.4 is 5.11 Å². The van der Waals surface area contributed by atoms with Gasteiger partial charge in [0, 0.05) is 12.8 Å². The van der Waals surface area contributed by atoms with Crippen molar-refractivity contribution in [3.63, 3.8) is 0 Å². The Morgan fingerprint density at radius 1 is 0.313 bits per heavy atom. The number of aliphatic carboxylic acids is 1. The molecule has 0 saturated carbocycles. The molecule has 9 nitrogen and oxygen atoms in total. The van der Waals surface area contributed by atoms with Crippen LogP contribution in [0.4, 0.5) is 0 Å². The molecule has 0 heterocycles. The molecule has 9 heteroatoms. The van der Waals surface area contributed by atoms with E-state index in [1.54, 1.807) is 0 Å². The van der Waals surface area contributed by atoms with E-state index in [0.717, 1.165) is 70.6 Å². The number of nitrogens with zero attached hydrogens (tertiary/aromatic N) is 1. The molecule has 0 radical (unpaired) electrons. The van der Waals surface area contributed by atoms with Crippen LogP contribution in [0, 0.1) is 0 Å². The average molecular weight is 1390 g/mol. The van der Waals surface area contributed by atoms with Gasteiger partial charge in [0.25, 0.3) is 0 Å². The summed E-state index contributed by atoms with van der Waals surface area (Å²) in [4.78, 5) is 37.7. The van der Waals surface area contributed by atoms with Crippen LogP contribution in [0.3, 0.4) is 0 Å². The number of unbranched alkanes of at least 4 members (excludes halogenated alkanes) is 51. The highest BCUT2D eigenvalue weighted by molar-refractivity contribution is 5.70. The summed E-state index contributed by atoms with van der Waals surface area (Å²) in [6.45, 7) is 4.70. The van der Waals surface area contributed by atoms with Crippen molar-refractivity contribution in [3.8, 4) is 0 Å². The standard InChI is InChI=1S/C90H163NO8/c1-6-8-10-12-14-16-18-20-22-24-26-28-30-32-34-36-38-40-42-44-46-48-50-52-54-56-58-60-62-64-66-68-70-72-74-76-78-80-87(92)97-84-86(85-98-90(89(94)95)96-83-82-91(3,4)5)99-88(93)81-79-77-75-73-71-69-67-65-63-61-59-57-55-53-51-49-47-45-43-41-39-37-35-33-31-29-27-25-23-21-19-17-15-13-11-9-7-2/h9,11,15,17,21,23-24,26-27,29,33,35,39,41,86,90H,6-8,10,12-14,16,18-20,22,25,28,30-32,34,36-38,40,42-85H2,1-5H3/b11-9-,17-15-,23-21-,26-24-,29-27-,35-33-,41-39-. The summed E-state index contributed by atoms with van der Waals surface area (Å²) >= 11 is 0. The van der Waals surface area contributed by atoms with Crippen LogP contribution in [0.1, 0.15) is 412 Å². The van der Waals surface area contributed by atoms with Crippen molar-refractivity contribution in [3.05, 3.63) is 85.1 Å². The molecule has 0 aliphatic carbocycles. The smallest absolute Gasteiger partial charge is 0.306 e. The largest absolute Gasteiger partial charge is 0.545 e. The van der Waals surface area contributed by atoms with Gasteiger partial charge in [-0.15, -0.1) is 0 Å². The van der Waals surface area contributed by atoms with Gasteiger partial charge in [0.2, 0.25) is 0 Å². The number of esters is 2. The number of likely N-dealkylation sites (N-methyl/N-ethyl adjacent to an activating group) is 1. The second kappa shape index (κ2) is 80.2. The SMILES string of the molecule is CC/C=C\C/C=C\C/C=C\C/C=C\C/C=C\C/C=C\CCCCCCCCCCCCCCCCCCCCC(=O)OC(COC(=O)CCCCCCCCCCCCCCCCCCCCCCCCCCC/C=C\CCCCCCCCCC)COC(OCC[N+](C)(C)C)C(=O)[O-]. The molecule has 0 aliphatic rings. The van der Waals surface area contributed by atoms with Gasteiger partial charge in [0.05, 0.1) is 40.3 Å². The Morgan fingerprint density at radius 3 is 0.869 bits per heavy atom. The number of allylic oxidation sites excluding steroid dienone is 14. The van der Waals surface area contributed by atoms with Crippen LogP contribution in [-0.4, -0.2) is 82.3 Å². The van der Waals surface area contributed by atoms with Crippen molar-refractivity contribution >= 4 is 17.9 Å². The minimum Gasteiger partial charge on any atom is -0.545 e. The number of hydrogen-bond acceptors (Lipinski definition) is 8. The van der Waals surface area contributed by atoms with Gasteiger partial charge in [0.15, 0.2) is 12.4 Å². The molecule has 0 aliphatic heterocycles. The monoisotopic (exact) mass is 1390 g/mol. The molecule has 2 unspecified atom stereocenters. The number of ether oxygens (including phenoxy) is 4. The zero-order valence-corrected chi connectivity index (χ0v) is 66.1. The van der Waals surface area contributed by atoms with Crippen LogP contribution >= 0.6 is 0 Å². The summed E-state index contributed by atoms with van der Waals surface area (Å²) < 4.78 is 22.9. The second-order valence-corrected chi connectivity index (χ2v) is 30.1. The Kier molecular flexibility index (Phi) is 77.3. The first-order valence-electron chi connectivity index (χ1n) is 42.7. The number of carbonyl (C=O) groups is 3. The third-order valence-electron chi connectivity index (χ3n) is 19.1. The fourth-order valence-electron chi connectivity index (χ4n) is 12.7. The molecule has 0 fully saturated rings. The molecule has 0 rings (SSSR count). The van der Waals surface area contributed by atoms with Crippen molar-refractivity contribution in [2.45, 2.75) is 424 Å². The molecule has 0 amide bonds. The highest BCUT2D eigenvalue weighted by Gasteiger charge is 2.22. The van der Waals surface area contributed by atoms with Crippen LogP contribution in [-0.2, 0) is 33.3 Å². The summed E-state index contributed by atoms with van der Waals surface area (Å²) in [7, 11) is 5.95. The Hall–Kier alpha value is -3.53. The van der Waals surface area contributed by atoms with Gasteiger partial charge in [-0.25, -0.2) is 0 Å². The van der Waals surface area contributed by atoms with Crippen LogP contribution in [0.15, 0.2) is 85.1 Å². The number of carboxylic acid groups (broad SMARTS) is 1. The van der Waals surface area contributed by atoms with Crippen molar-refractivity contribution < 1.29 is 42.9 Å². The zero-order chi connectivity index (χ0) is 71.8. The van der Waals surface area contributed by atoms with Gasteiger partial charge < -0.3 is 33.3 Å². The van der Waals surface area contributed by atoms with Gasteiger partial charge in [-0.2, -0.15) is 0 Å². The first-order valence-corrected chi connectivity index (χ1v) is 42.7. The topological polar surface area (TPSA) is 111 Å². The van der Waals surface area contributed by atoms with Gasteiger partial charge in [-0.3, -0.25) is 9.59 Å². The normalized spacial score (nSPS) is 13.0. The molecule has 0 aromatic heterocycles. The maximum Gasteiger partial charge on any atom is 0.306 e. The van der Waals surface area contributed by atoms with Crippen LogP contribution in [0.5, 0.6) is 0 Å². The van der Waals surface area contributed by atoms with Gasteiger partial charge in [-0.05, 0) is 89.9 Å². The van der Waals surface area contributed by atoms with E-state index in [-0.39, 0.29) is 32.2 Å². The number of hydrogen-bond donors (Lipinski definition) is 0. The predicted octanol–water partition coefficient (Wildman–Crippen LogP) is 26.4.